The molecule has 2 saturated heterocycles. The first kappa shape index (κ1) is 18.5. The molecular formula is C20H25N5O3. The van der Waals surface area contributed by atoms with Gasteiger partial charge in [0.25, 0.3) is 5.91 Å². The van der Waals surface area contributed by atoms with Crippen LogP contribution in [0.25, 0.3) is 0 Å². The fraction of sp³-hybridized carbons (Fsp3) is 0.450. The molecule has 28 heavy (non-hydrogen) atoms. The Morgan fingerprint density at radius 2 is 1.57 bits per heavy atom. The van der Waals surface area contributed by atoms with Gasteiger partial charge in [-0.2, -0.15) is 0 Å². The molecule has 0 bridgehead atoms. The molecule has 2 aliphatic heterocycles. The number of benzene rings is 1. The average molecular weight is 383 g/mol. The Balaban J connectivity index is 1.34. The molecule has 0 aliphatic carbocycles. The summed E-state index contributed by atoms with van der Waals surface area (Å²) < 4.78 is 10.6. The van der Waals surface area contributed by atoms with E-state index in [1.165, 1.54) is 0 Å². The second-order valence-electron chi connectivity index (χ2n) is 6.85. The zero-order chi connectivity index (χ0) is 19.3. The highest BCUT2D eigenvalue weighted by molar-refractivity contribution is 5.93. The fourth-order valence-corrected chi connectivity index (χ4v) is 3.50. The van der Waals surface area contributed by atoms with Crippen molar-refractivity contribution in [2.45, 2.75) is 0 Å². The van der Waals surface area contributed by atoms with Gasteiger partial charge in [-0.25, -0.2) is 9.97 Å². The van der Waals surface area contributed by atoms with Crippen LogP contribution in [-0.2, 0) is 4.74 Å². The number of carbonyl (C=O) groups excluding carboxylic acids is 1. The Kier molecular flexibility index (Phi) is 5.57. The van der Waals surface area contributed by atoms with Crippen LogP contribution in [0.4, 0.5) is 11.6 Å². The average Bonchev–Trinajstić information content (AvgIpc) is 2.79. The van der Waals surface area contributed by atoms with E-state index in [1.54, 1.807) is 19.5 Å². The number of rotatable bonds is 4. The first-order chi connectivity index (χ1) is 13.7. The van der Waals surface area contributed by atoms with E-state index in [-0.39, 0.29) is 5.91 Å². The quantitative estimate of drug-likeness (QED) is 0.788. The second kappa shape index (κ2) is 8.43. The molecule has 1 aromatic heterocycles. The number of anilines is 2. The number of ether oxygens (including phenoxy) is 2. The van der Waals surface area contributed by atoms with Crippen LogP contribution in [0, 0.1) is 0 Å². The summed E-state index contributed by atoms with van der Waals surface area (Å²) in [4.78, 5) is 27.8. The van der Waals surface area contributed by atoms with Crippen LogP contribution in [-0.4, -0.2) is 80.4 Å². The highest BCUT2D eigenvalue weighted by atomic mass is 16.5. The van der Waals surface area contributed by atoms with Gasteiger partial charge in [0.15, 0.2) is 0 Å². The van der Waals surface area contributed by atoms with Gasteiger partial charge in [-0.05, 0) is 24.3 Å². The number of amides is 1. The van der Waals surface area contributed by atoms with Crippen molar-refractivity contribution in [1.82, 2.24) is 14.9 Å². The number of morpholine rings is 1. The van der Waals surface area contributed by atoms with E-state index in [9.17, 15) is 4.79 Å². The first-order valence-corrected chi connectivity index (χ1v) is 9.57. The van der Waals surface area contributed by atoms with Gasteiger partial charge in [0, 0.05) is 57.3 Å². The number of hydrogen-bond acceptors (Lipinski definition) is 7. The predicted octanol–water partition coefficient (Wildman–Crippen LogP) is 1.28. The molecule has 8 nitrogen and oxygen atoms in total. The Morgan fingerprint density at radius 1 is 0.929 bits per heavy atom. The molecule has 0 N–H and O–H groups in total. The summed E-state index contributed by atoms with van der Waals surface area (Å²) in [7, 11) is 1.66. The zero-order valence-electron chi connectivity index (χ0n) is 16.1. The van der Waals surface area contributed by atoms with Gasteiger partial charge >= 0.3 is 0 Å². The topological polar surface area (TPSA) is 71.0 Å². The molecule has 0 atom stereocenters. The lowest BCUT2D eigenvalue weighted by atomic mass is 10.2. The Hall–Kier alpha value is -2.87. The maximum atomic E-state index is 12.8. The third-order valence-electron chi connectivity index (χ3n) is 5.18. The van der Waals surface area contributed by atoms with E-state index in [4.69, 9.17) is 9.47 Å². The lowest BCUT2D eigenvalue weighted by molar-refractivity contribution is 0.0746. The van der Waals surface area contributed by atoms with Crippen LogP contribution in [0.2, 0.25) is 0 Å². The smallest absolute Gasteiger partial charge is 0.257 e. The molecule has 2 fully saturated rings. The van der Waals surface area contributed by atoms with Crippen molar-refractivity contribution in [2.24, 2.45) is 0 Å². The monoisotopic (exact) mass is 383 g/mol. The SMILES string of the molecule is COc1ccc(N2CCN(C(=O)c3cnc(N4CCOCC4)nc3)CC2)cc1. The standard InChI is InChI=1S/C20H25N5O3/c1-27-18-4-2-17(3-5-18)23-6-8-24(9-7-23)19(26)16-14-21-20(22-15-16)25-10-12-28-13-11-25/h2-5,14-15H,6-13H2,1H3. The van der Waals surface area contributed by atoms with Crippen LogP contribution in [0.3, 0.4) is 0 Å². The lowest BCUT2D eigenvalue weighted by Crippen LogP contribution is -2.48. The van der Waals surface area contributed by atoms with Crippen molar-refractivity contribution < 1.29 is 14.3 Å². The summed E-state index contributed by atoms with van der Waals surface area (Å²) in [6.45, 7) is 5.87. The molecule has 4 rings (SSSR count). The summed E-state index contributed by atoms with van der Waals surface area (Å²) in [5, 5.41) is 0. The van der Waals surface area contributed by atoms with Crippen LogP contribution in [0.1, 0.15) is 10.4 Å². The van der Waals surface area contributed by atoms with Crippen LogP contribution in [0.15, 0.2) is 36.7 Å². The molecule has 2 aromatic rings. The molecule has 148 valence electrons. The number of nitrogens with zero attached hydrogens (tertiary/aromatic N) is 5. The van der Waals surface area contributed by atoms with Crippen molar-refractivity contribution in [1.29, 1.82) is 0 Å². The molecule has 8 heteroatoms. The molecule has 0 unspecified atom stereocenters. The Labute approximate surface area is 164 Å². The van der Waals surface area contributed by atoms with Gasteiger partial charge in [0.1, 0.15) is 5.75 Å². The lowest BCUT2D eigenvalue weighted by Gasteiger charge is -2.36. The van der Waals surface area contributed by atoms with Gasteiger partial charge in [0.2, 0.25) is 5.95 Å². The van der Waals surface area contributed by atoms with E-state index in [0.717, 1.165) is 37.6 Å². The number of hydrogen-bond donors (Lipinski definition) is 0. The summed E-state index contributed by atoms with van der Waals surface area (Å²) in [6.07, 6.45) is 3.27. The molecule has 3 heterocycles. The van der Waals surface area contributed by atoms with Gasteiger partial charge in [-0.15, -0.1) is 0 Å². The number of aromatic nitrogens is 2. The molecule has 1 aromatic carbocycles. The van der Waals surface area contributed by atoms with E-state index >= 15 is 0 Å². The van der Waals surface area contributed by atoms with Crippen molar-refractivity contribution in [3.05, 3.63) is 42.2 Å². The van der Waals surface area contributed by atoms with Gasteiger partial charge in [-0.3, -0.25) is 4.79 Å². The van der Waals surface area contributed by atoms with E-state index in [2.05, 4.69) is 31.9 Å². The molecular weight excluding hydrogens is 358 g/mol. The molecule has 0 saturated carbocycles. The van der Waals surface area contributed by atoms with Crippen molar-refractivity contribution in [2.75, 3.05) is 69.4 Å². The van der Waals surface area contributed by atoms with E-state index in [1.807, 2.05) is 17.0 Å². The van der Waals surface area contributed by atoms with Crippen molar-refractivity contribution in [3.8, 4) is 5.75 Å². The highest BCUT2D eigenvalue weighted by Crippen LogP contribution is 2.21. The minimum Gasteiger partial charge on any atom is -0.497 e. The minimum atomic E-state index is -0.0112. The van der Waals surface area contributed by atoms with E-state index in [0.29, 0.717) is 37.8 Å². The Morgan fingerprint density at radius 3 is 2.18 bits per heavy atom. The molecule has 0 spiro atoms. The summed E-state index contributed by atoms with van der Waals surface area (Å²) >= 11 is 0. The van der Waals surface area contributed by atoms with Gasteiger partial charge in [0.05, 0.1) is 25.9 Å². The van der Waals surface area contributed by atoms with Gasteiger partial charge in [-0.1, -0.05) is 0 Å². The van der Waals surface area contributed by atoms with Gasteiger partial charge < -0.3 is 24.2 Å². The van der Waals surface area contributed by atoms with Crippen molar-refractivity contribution >= 4 is 17.5 Å². The van der Waals surface area contributed by atoms with E-state index < -0.39 is 0 Å². The Bertz CT molecular complexity index is 782. The first-order valence-electron chi connectivity index (χ1n) is 9.57. The zero-order valence-corrected chi connectivity index (χ0v) is 16.1. The summed E-state index contributed by atoms with van der Waals surface area (Å²) in [6, 6.07) is 8.02. The maximum Gasteiger partial charge on any atom is 0.257 e. The summed E-state index contributed by atoms with van der Waals surface area (Å²) in [5.74, 6) is 1.49. The number of piperazine rings is 1. The normalized spacial score (nSPS) is 17.5. The number of methoxy groups -OCH3 is 1. The second-order valence-corrected chi connectivity index (χ2v) is 6.85. The fourth-order valence-electron chi connectivity index (χ4n) is 3.50. The maximum absolute atomic E-state index is 12.8. The minimum absolute atomic E-state index is 0.0112. The van der Waals surface area contributed by atoms with Crippen molar-refractivity contribution in [3.63, 3.8) is 0 Å². The van der Waals surface area contributed by atoms with Crippen LogP contribution >= 0.6 is 0 Å². The predicted molar refractivity (Wildman–Crippen MR) is 106 cm³/mol. The molecule has 1 amide bonds. The molecule has 2 aliphatic rings. The molecule has 0 radical (unpaired) electrons. The third kappa shape index (κ3) is 4.01. The third-order valence-corrected chi connectivity index (χ3v) is 5.18. The summed E-state index contributed by atoms with van der Waals surface area (Å²) in [5.41, 5.74) is 1.68. The van der Waals surface area contributed by atoms with Crippen LogP contribution < -0.4 is 14.5 Å². The van der Waals surface area contributed by atoms with Crippen LogP contribution in [0.5, 0.6) is 5.75 Å². The highest BCUT2D eigenvalue weighted by Gasteiger charge is 2.23. The number of carbonyl (C=O) groups is 1. The largest absolute Gasteiger partial charge is 0.497 e.